The summed E-state index contributed by atoms with van der Waals surface area (Å²) in [5.74, 6) is 2.52. The number of piperidine rings is 1. The van der Waals surface area contributed by atoms with Gasteiger partial charge in [-0.25, -0.2) is 9.67 Å². The molecule has 3 heterocycles. The molecule has 0 unspecified atom stereocenters. The van der Waals surface area contributed by atoms with Gasteiger partial charge in [0.2, 0.25) is 0 Å². The van der Waals surface area contributed by atoms with Gasteiger partial charge < -0.3 is 15.6 Å². The average Bonchev–Trinajstić information content (AvgIpc) is 3.33. The average molecular weight is 451 g/mol. The second-order valence-corrected chi connectivity index (χ2v) is 8.63. The Kier molecular flexibility index (Phi) is 7.45. The van der Waals surface area contributed by atoms with Crippen LogP contribution in [0.5, 0.6) is 0 Å². The molecule has 0 radical (unpaired) electrons. The zero-order chi connectivity index (χ0) is 19.1. The zero-order valence-electron chi connectivity index (χ0n) is 17.5. The van der Waals surface area contributed by atoms with E-state index >= 15 is 0 Å². The van der Waals surface area contributed by atoms with Crippen LogP contribution >= 0.6 is 24.8 Å². The molecule has 3 N–H and O–H groups in total. The summed E-state index contributed by atoms with van der Waals surface area (Å²) in [5.41, 5.74) is 8.41. The van der Waals surface area contributed by atoms with Crippen molar-refractivity contribution in [3.8, 4) is 11.4 Å². The van der Waals surface area contributed by atoms with Crippen molar-refractivity contribution in [1.82, 2.24) is 24.6 Å². The lowest BCUT2D eigenvalue weighted by molar-refractivity contribution is 0.206. The van der Waals surface area contributed by atoms with Gasteiger partial charge in [0, 0.05) is 34.6 Å². The number of rotatable bonds is 3. The molecular weight excluding hydrogens is 419 g/mol. The molecule has 0 amide bonds. The number of likely N-dealkylation sites (tertiary alicyclic amines) is 1. The van der Waals surface area contributed by atoms with Crippen LogP contribution in [0.2, 0.25) is 0 Å². The summed E-state index contributed by atoms with van der Waals surface area (Å²) in [4.78, 5) is 10.9. The van der Waals surface area contributed by atoms with E-state index in [0.29, 0.717) is 18.0 Å². The monoisotopic (exact) mass is 450 g/mol. The van der Waals surface area contributed by atoms with Crippen LogP contribution in [0.3, 0.4) is 0 Å². The molecule has 1 aromatic carbocycles. The molecule has 5 rings (SSSR count). The van der Waals surface area contributed by atoms with Crippen LogP contribution in [0.15, 0.2) is 30.5 Å². The third-order valence-electron chi connectivity index (χ3n) is 6.66. The first-order valence-electron chi connectivity index (χ1n) is 10.7. The lowest BCUT2D eigenvalue weighted by Gasteiger charge is -2.32. The quantitative estimate of drug-likeness (QED) is 0.614. The molecule has 0 atom stereocenters. The Balaban J connectivity index is 0.00000128. The number of hydrogen-bond acceptors (Lipinski definition) is 4. The first-order chi connectivity index (χ1) is 13.7. The highest BCUT2D eigenvalue weighted by atomic mass is 35.5. The number of aromatic nitrogens is 4. The van der Waals surface area contributed by atoms with Crippen LogP contribution in [0, 0.1) is 0 Å². The summed E-state index contributed by atoms with van der Waals surface area (Å²) in [6.45, 7) is 2.25. The lowest BCUT2D eigenvalue weighted by Crippen LogP contribution is -2.33. The number of nitrogens with two attached hydrogens (primary N) is 1. The van der Waals surface area contributed by atoms with E-state index in [1.807, 2.05) is 0 Å². The maximum Gasteiger partial charge on any atom is 0.183 e. The summed E-state index contributed by atoms with van der Waals surface area (Å²) in [6.07, 6.45) is 8.78. The van der Waals surface area contributed by atoms with Crippen LogP contribution < -0.4 is 5.73 Å². The largest absolute Gasteiger partial charge is 0.360 e. The SMILES string of the molecule is CN1CCC(n2nc(-c3c[nH]c4ccccc34)nc2C2CCC(N)CC2)CC1.Cl.Cl. The molecule has 8 heteroatoms. The van der Waals surface area contributed by atoms with Gasteiger partial charge in [-0.2, -0.15) is 5.10 Å². The number of benzene rings is 1. The van der Waals surface area contributed by atoms with Gasteiger partial charge in [0.1, 0.15) is 5.82 Å². The van der Waals surface area contributed by atoms with Gasteiger partial charge in [-0.1, -0.05) is 18.2 Å². The van der Waals surface area contributed by atoms with E-state index in [0.717, 1.165) is 68.5 Å². The van der Waals surface area contributed by atoms with Crippen molar-refractivity contribution in [1.29, 1.82) is 0 Å². The minimum absolute atomic E-state index is 0. The minimum atomic E-state index is 0. The molecule has 2 aromatic heterocycles. The predicted molar refractivity (Wildman–Crippen MR) is 127 cm³/mol. The maximum absolute atomic E-state index is 6.16. The Labute approximate surface area is 190 Å². The van der Waals surface area contributed by atoms with E-state index < -0.39 is 0 Å². The number of H-pyrrole nitrogens is 1. The molecule has 164 valence electrons. The molecule has 6 nitrogen and oxygen atoms in total. The van der Waals surface area contributed by atoms with Crippen molar-refractivity contribution >= 4 is 35.7 Å². The molecule has 1 saturated heterocycles. The molecule has 1 saturated carbocycles. The van der Waals surface area contributed by atoms with Gasteiger partial charge in [0.15, 0.2) is 5.82 Å². The predicted octanol–water partition coefficient (Wildman–Crippen LogP) is 4.52. The molecule has 1 aliphatic heterocycles. The van der Waals surface area contributed by atoms with Crippen LogP contribution in [-0.2, 0) is 0 Å². The third kappa shape index (κ3) is 4.37. The second kappa shape index (κ2) is 9.69. The Bertz CT molecular complexity index is 912. The fourth-order valence-electron chi connectivity index (χ4n) is 4.87. The van der Waals surface area contributed by atoms with E-state index in [2.05, 4.69) is 52.1 Å². The maximum atomic E-state index is 6.16. The highest BCUT2D eigenvalue weighted by molar-refractivity contribution is 5.93. The number of hydrogen-bond donors (Lipinski definition) is 2. The number of para-hydroxylation sites is 1. The summed E-state index contributed by atoms with van der Waals surface area (Å²) < 4.78 is 2.28. The van der Waals surface area contributed by atoms with Gasteiger partial charge in [-0.05, 0) is 64.7 Å². The Morgan fingerprint density at radius 2 is 1.70 bits per heavy atom. The summed E-state index contributed by atoms with van der Waals surface area (Å²) in [6, 6.07) is 9.20. The molecule has 2 fully saturated rings. The van der Waals surface area contributed by atoms with Crippen LogP contribution in [0.25, 0.3) is 22.3 Å². The van der Waals surface area contributed by atoms with Crippen molar-refractivity contribution in [3.63, 3.8) is 0 Å². The van der Waals surface area contributed by atoms with Crippen LogP contribution in [0.1, 0.15) is 56.3 Å². The third-order valence-corrected chi connectivity index (χ3v) is 6.66. The van der Waals surface area contributed by atoms with Crippen molar-refractivity contribution in [2.24, 2.45) is 5.73 Å². The van der Waals surface area contributed by atoms with Gasteiger partial charge in [0.05, 0.1) is 6.04 Å². The number of halogens is 2. The van der Waals surface area contributed by atoms with Crippen LogP contribution in [0.4, 0.5) is 0 Å². The number of aromatic amines is 1. The van der Waals surface area contributed by atoms with E-state index in [1.54, 1.807) is 0 Å². The van der Waals surface area contributed by atoms with Crippen molar-refractivity contribution in [2.75, 3.05) is 20.1 Å². The number of nitrogens with zero attached hydrogens (tertiary/aromatic N) is 4. The number of fused-ring (bicyclic) bond motifs is 1. The first kappa shape index (κ1) is 23.1. The van der Waals surface area contributed by atoms with E-state index in [9.17, 15) is 0 Å². The fourth-order valence-corrected chi connectivity index (χ4v) is 4.87. The Morgan fingerprint density at radius 1 is 1.00 bits per heavy atom. The van der Waals surface area contributed by atoms with Gasteiger partial charge >= 0.3 is 0 Å². The van der Waals surface area contributed by atoms with Gasteiger partial charge in [-0.15, -0.1) is 24.8 Å². The highest BCUT2D eigenvalue weighted by Gasteiger charge is 2.30. The first-order valence-corrected chi connectivity index (χ1v) is 10.7. The fraction of sp³-hybridized carbons (Fsp3) is 0.545. The van der Waals surface area contributed by atoms with Gasteiger partial charge in [-0.3, -0.25) is 0 Å². The van der Waals surface area contributed by atoms with E-state index in [1.165, 1.54) is 11.2 Å². The van der Waals surface area contributed by atoms with Crippen LogP contribution in [-0.4, -0.2) is 50.8 Å². The lowest BCUT2D eigenvalue weighted by atomic mass is 9.85. The normalized spacial score (nSPS) is 23.1. The minimum Gasteiger partial charge on any atom is -0.360 e. The zero-order valence-corrected chi connectivity index (χ0v) is 19.1. The molecule has 1 aliphatic carbocycles. The standard InChI is InChI=1S/C22H30N6.2ClH/c1-27-12-10-17(11-13-27)28-22(15-6-8-16(23)9-7-15)25-21(26-28)19-14-24-20-5-3-2-4-18(19)20;;/h2-5,14-17,24H,6-13,23H2,1H3;2*1H. The Hall–Kier alpha value is -1.60. The van der Waals surface area contributed by atoms with Crippen molar-refractivity contribution in [3.05, 3.63) is 36.3 Å². The molecule has 0 spiro atoms. The molecule has 2 aliphatic rings. The molecule has 0 bridgehead atoms. The topological polar surface area (TPSA) is 75.8 Å². The van der Waals surface area contributed by atoms with Crippen molar-refractivity contribution < 1.29 is 0 Å². The molecule has 3 aromatic rings. The Morgan fingerprint density at radius 3 is 2.43 bits per heavy atom. The summed E-state index contributed by atoms with van der Waals surface area (Å²) >= 11 is 0. The molecular formula is C22H32Cl2N6. The van der Waals surface area contributed by atoms with Gasteiger partial charge in [0.25, 0.3) is 0 Å². The molecule has 30 heavy (non-hydrogen) atoms. The van der Waals surface area contributed by atoms with E-state index in [4.69, 9.17) is 15.8 Å². The summed E-state index contributed by atoms with van der Waals surface area (Å²) in [5, 5.41) is 6.28. The second-order valence-electron chi connectivity index (χ2n) is 8.63. The van der Waals surface area contributed by atoms with E-state index in [-0.39, 0.29) is 24.8 Å². The van der Waals surface area contributed by atoms with Crippen molar-refractivity contribution in [2.45, 2.75) is 56.5 Å². The summed E-state index contributed by atoms with van der Waals surface area (Å²) in [7, 11) is 2.21. The smallest absolute Gasteiger partial charge is 0.183 e. The number of nitrogens with one attached hydrogen (secondary N) is 1. The highest BCUT2D eigenvalue weighted by Crippen LogP contribution is 2.36.